The average Bonchev–Trinajstić information content (AvgIpc) is 3.36. The third-order valence-electron chi connectivity index (χ3n) is 4.24. The van der Waals surface area contributed by atoms with Gasteiger partial charge in [0.15, 0.2) is 11.5 Å². The summed E-state index contributed by atoms with van der Waals surface area (Å²) in [7, 11) is 4.40. The highest BCUT2D eigenvalue weighted by Gasteiger charge is 2.34. The summed E-state index contributed by atoms with van der Waals surface area (Å²) < 4.78 is 15.7. The summed E-state index contributed by atoms with van der Waals surface area (Å²) in [5.74, 6) is 0.334. The van der Waals surface area contributed by atoms with Gasteiger partial charge in [-0.15, -0.1) is 11.3 Å². The molecule has 2 heterocycles. The zero-order valence-corrected chi connectivity index (χ0v) is 18.2. The largest absolute Gasteiger partial charge is 0.493 e. The highest BCUT2D eigenvalue weighted by Crippen LogP contribution is 2.38. The summed E-state index contributed by atoms with van der Waals surface area (Å²) in [5, 5.41) is 4.24. The number of hydrogen-bond donors (Lipinski definition) is 1. The van der Waals surface area contributed by atoms with Crippen LogP contribution in [0.3, 0.4) is 0 Å². The van der Waals surface area contributed by atoms with Crippen LogP contribution in [0, 0.1) is 0 Å². The van der Waals surface area contributed by atoms with Gasteiger partial charge < -0.3 is 19.5 Å². The van der Waals surface area contributed by atoms with Crippen LogP contribution in [0.4, 0.5) is 4.79 Å². The fourth-order valence-corrected chi connectivity index (χ4v) is 4.38. The molecule has 1 aromatic heterocycles. The standard InChI is InChI=1S/C20H20N2O6S2/c1-26-14-9-12(10-15(27-2)17(14)28-3)18(23)21-6-7-22-19(24)16(30-20(22)25)11-13-5-4-8-29-13/h4-5,8-11H,6-7H2,1-3H3,(H,21,23)/b16-11+. The molecule has 2 aromatic rings. The van der Waals surface area contributed by atoms with E-state index < -0.39 is 5.91 Å². The topological polar surface area (TPSA) is 94.2 Å². The van der Waals surface area contributed by atoms with Crippen molar-refractivity contribution < 1.29 is 28.6 Å². The molecule has 30 heavy (non-hydrogen) atoms. The monoisotopic (exact) mass is 448 g/mol. The number of ether oxygens (including phenoxy) is 3. The van der Waals surface area contributed by atoms with Gasteiger partial charge in [-0.25, -0.2) is 0 Å². The zero-order chi connectivity index (χ0) is 21.7. The quantitative estimate of drug-likeness (QED) is 0.620. The van der Waals surface area contributed by atoms with E-state index in [0.29, 0.717) is 27.7 Å². The molecule has 0 unspecified atom stereocenters. The summed E-state index contributed by atoms with van der Waals surface area (Å²) in [6, 6.07) is 6.80. The van der Waals surface area contributed by atoms with Gasteiger partial charge in [0.05, 0.1) is 26.2 Å². The van der Waals surface area contributed by atoms with Gasteiger partial charge >= 0.3 is 0 Å². The molecule has 8 nitrogen and oxygen atoms in total. The number of nitrogens with zero attached hydrogens (tertiary/aromatic N) is 1. The Morgan fingerprint density at radius 3 is 2.40 bits per heavy atom. The summed E-state index contributed by atoms with van der Waals surface area (Å²) in [4.78, 5) is 39.6. The van der Waals surface area contributed by atoms with Crippen molar-refractivity contribution >= 4 is 46.2 Å². The summed E-state index contributed by atoms with van der Waals surface area (Å²) >= 11 is 2.38. The van der Waals surface area contributed by atoms with Crippen LogP contribution in [-0.4, -0.2) is 56.4 Å². The van der Waals surface area contributed by atoms with E-state index in [1.165, 1.54) is 44.8 Å². The van der Waals surface area contributed by atoms with Gasteiger partial charge in [-0.1, -0.05) is 6.07 Å². The number of amides is 3. The van der Waals surface area contributed by atoms with E-state index in [1.54, 1.807) is 6.08 Å². The lowest BCUT2D eigenvalue weighted by molar-refractivity contribution is -0.122. The van der Waals surface area contributed by atoms with Gasteiger partial charge in [0.25, 0.3) is 17.1 Å². The first kappa shape index (κ1) is 21.7. The van der Waals surface area contributed by atoms with Gasteiger partial charge in [0.2, 0.25) is 5.75 Å². The van der Waals surface area contributed by atoms with Crippen LogP contribution in [0.1, 0.15) is 15.2 Å². The second kappa shape index (κ2) is 9.68. The van der Waals surface area contributed by atoms with Crippen molar-refractivity contribution in [1.82, 2.24) is 10.2 Å². The number of hydrogen-bond acceptors (Lipinski definition) is 8. The second-order valence-electron chi connectivity index (χ2n) is 6.02. The van der Waals surface area contributed by atoms with Gasteiger partial charge in [-0.2, -0.15) is 0 Å². The van der Waals surface area contributed by atoms with Crippen molar-refractivity contribution in [2.75, 3.05) is 34.4 Å². The molecule has 0 atom stereocenters. The zero-order valence-electron chi connectivity index (χ0n) is 16.6. The van der Waals surface area contributed by atoms with E-state index in [4.69, 9.17) is 14.2 Å². The predicted molar refractivity (Wildman–Crippen MR) is 115 cm³/mol. The van der Waals surface area contributed by atoms with Crippen molar-refractivity contribution in [1.29, 1.82) is 0 Å². The van der Waals surface area contributed by atoms with E-state index in [-0.39, 0.29) is 24.2 Å². The Labute approximate surface area is 181 Å². The first-order valence-electron chi connectivity index (χ1n) is 8.85. The van der Waals surface area contributed by atoms with Gasteiger partial charge in [-0.05, 0) is 41.4 Å². The number of imide groups is 1. The number of thiophene rings is 1. The smallest absolute Gasteiger partial charge is 0.293 e. The molecule has 1 N–H and O–H groups in total. The lowest BCUT2D eigenvalue weighted by Gasteiger charge is -2.15. The average molecular weight is 449 g/mol. The molecular formula is C20H20N2O6S2. The van der Waals surface area contributed by atoms with Crippen LogP contribution in [0.15, 0.2) is 34.6 Å². The minimum Gasteiger partial charge on any atom is -0.493 e. The fourth-order valence-electron chi connectivity index (χ4n) is 2.79. The predicted octanol–water partition coefficient (Wildman–Crippen LogP) is 3.24. The number of benzene rings is 1. The van der Waals surface area contributed by atoms with Crippen LogP contribution in [0.2, 0.25) is 0 Å². The Hall–Kier alpha value is -2.98. The number of nitrogens with one attached hydrogen (secondary N) is 1. The third kappa shape index (κ3) is 4.60. The van der Waals surface area contributed by atoms with Crippen molar-refractivity contribution in [3.63, 3.8) is 0 Å². The molecule has 0 saturated carbocycles. The maximum atomic E-state index is 12.5. The molecule has 3 amide bonds. The lowest BCUT2D eigenvalue weighted by atomic mass is 10.1. The van der Waals surface area contributed by atoms with E-state index in [1.807, 2.05) is 17.5 Å². The van der Waals surface area contributed by atoms with Crippen LogP contribution < -0.4 is 19.5 Å². The summed E-state index contributed by atoms with van der Waals surface area (Å²) in [6.07, 6.45) is 1.70. The Balaban J connectivity index is 1.63. The molecule has 0 radical (unpaired) electrons. The summed E-state index contributed by atoms with van der Waals surface area (Å²) in [5.41, 5.74) is 0.302. The van der Waals surface area contributed by atoms with Crippen molar-refractivity contribution in [3.8, 4) is 17.2 Å². The van der Waals surface area contributed by atoms with Crippen LogP contribution >= 0.6 is 23.1 Å². The molecule has 1 aromatic carbocycles. The van der Waals surface area contributed by atoms with Crippen LogP contribution in [-0.2, 0) is 4.79 Å². The Morgan fingerprint density at radius 2 is 1.83 bits per heavy atom. The summed E-state index contributed by atoms with van der Waals surface area (Å²) in [6.45, 7) is 0.183. The van der Waals surface area contributed by atoms with Crippen molar-refractivity contribution in [3.05, 3.63) is 45.0 Å². The Kier molecular flexibility index (Phi) is 7.01. The molecule has 1 fully saturated rings. The highest BCUT2D eigenvalue weighted by molar-refractivity contribution is 8.18. The first-order chi connectivity index (χ1) is 14.5. The Morgan fingerprint density at radius 1 is 1.13 bits per heavy atom. The number of methoxy groups -OCH3 is 3. The molecule has 0 aliphatic carbocycles. The number of rotatable bonds is 8. The maximum Gasteiger partial charge on any atom is 0.293 e. The molecule has 0 spiro atoms. The van der Waals surface area contributed by atoms with E-state index in [2.05, 4.69) is 5.32 Å². The van der Waals surface area contributed by atoms with Gasteiger partial charge in [0, 0.05) is 23.5 Å². The SMILES string of the molecule is COc1cc(C(=O)NCCN2C(=O)S/C(=C/c3cccs3)C2=O)cc(OC)c1OC. The van der Waals surface area contributed by atoms with Gasteiger partial charge in [-0.3, -0.25) is 19.3 Å². The number of carbonyl (C=O) groups is 3. The van der Waals surface area contributed by atoms with E-state index >= 15 is 0 Å². The molecule has 3 rings (SSSR count). The maximum absolute atomic E-state index is 12.5. The number of thioether (sulfide) groups is 1. The number of carbonyl (C=O) groups excluding carboxylic acids is 3. The molecule has 1 saturated heterocycles. The third-order valence-corrected chi connectivity index (χ3v) is 5.96. The molecule has 0 bridgehead atoms. The van der Waals surface area contributed by atoms with Gasteiger partial charge in [0.1, 0.15) is 0 Å². The molecule has 1 aliphatic rings. The first-order valence-corrected chi connectivity index (χ1v) is 10.5. The fraction of sp³-hybridized carbons (Fsp3) is 0.250. The highest BCUT2D eigenvalue weighted by atomic mass is 32.2. The Bertz CT molecular complexity index is 962. The minimum atomic E-state index is -0.393. The van der Waals surface area contributed by atoms with Crippen LogP contribution in [0.25, 0.3) is 6.08 Å². The lowest BCUT2D eigenvalue weighted by Crippen LogP contribution is -2.37. The van der Waals surface area contributed by atoms with E-state index in [9.17, 15) is 14.4 Å². The van der Waals surface area contributed by atoms with Crippen LogP contribution in [0.5, 0.6) is 17.2 Å². The molecule has 158 valence electrons. The normalized spacial score (nSPS) is 14.9. The minimum absolute atomic E-state index is 0.0720. The van der Waals surface area contributed by atoms with E-state index in [0.717, 1.165) is 21.5 Å². The molecule has 10 heteroatoms. The van der Waals surface area contributed by atoms with Crippen molar-refractivity contribution in [2.24, 2.45) is 0 Å². The molecule has 1 aliphatic heterocycles. The van der Waals surface area contributed by atoms with Crippen molar-refractivity contribution in [2.45, 2.75) is 0 Å². The second-order valence-corrected chi connectivity index (χ2v) is 7.99. The molecular weight excluding hydrogens is 428 g/mol.